The van der Waals surface area contributed by atoms with E-state index in [1.807, 2.05) is 0 Å². The quantitative estimate of drug-likeness (QED) is 0.308. The summed E-state index contributed by atoms with van der Waals surface area (Å²) < 4.78 is 58.3. The second-order valence-corrected chi connectivity index (χ2v) is 7.35. The van der Waals surface area contributed by atoms with Crippen molar-refractivity contribution in [2.75, 3.05) is 5.75 Å². The molecule has 0 fully saturated rings. The molecule has 1 aromatic carbocycles. The average molecular weight is 468 g/mol. The van der Waals surface area contributed by atoms with E-state index in [-0.39, 0.29) is 11.5 Å². The number of hydrogen-bond donors (Lipinski definition) is 1. The summed E-state index contributed by atoms with van der Waals surface area (Å²) in [6.45, 7) is 2.55. The summed E-state index contributed by atoms with van der Waals surface area (Å²) >= 11 is 1.35. The molecule has 0 aliphatic rings. The first-order valence-electron chi connectivity index (χ1n) is 9.09. The van der Waals surface area contributed by atoms with Gasteiger partial charge in [-0.05, 0) is 18.2 Å². The van der Waals surface area contributed by atoms with Crippen molar-refractivity contribution in [1.29, 1.82) is 0 Å². The third-order valence-corrected chi connectivity index (χ3v) is 5.10. The van der Waals surface area contributed by atoms with E-state index in [0.29, 0.717) is 22.4 Å². The zero-order valence-electron chi connectivity index (χ0n) is 16.4. The molecule has 0 radical (unpaired) electrons. The van der Waals surface area contributed by atoms with Crippen LogP contribution in [0, 0.1) is 5.82 Å². The van der Waals surface area contributed by atoms with Crippen molar-refractivity contribution in [1.82, 2.24) is 20.1 Å². The number of carbonyl (C=O) groups excluding carboxylic acids is 1. The number of rotatable bonds is 8. The van der Waals surface area contributed by atoms with Crippen molar-refractivity contribution < 1.29 is 26.8 Å². The van der Waals surface area contributed by atoms with Crippen LogP contribution in [-0.4, -0.2) is 26.4 Å². The summed E-state index contributed by atoms with van der Waals surface area (Å²) in [6.07, 6.45) is -1.62. The molecule has 168 valence electrons. The van der Waals surface area contributed by atoms with Gasteiger partial charge in [0.05, 0.1) is 11.1 Å². The van der Waals surface area contributed by atoms with Gasteiger partial charge in [0.2, 0.25) is 5.91 Å². The van der Waals surface area contributed by atoms with E-state index >= 15 is 0 Å². The Morgan fingerprint density at radius 1 is 1.28 bits per heavy atom. The number of hydrogen-bond acceptors (Lipinski definition) is 6. The van der Waals surface area contributed by atoms with Crippen LogP contribution in [0.15, 0.2) is 63.4 Å². The number of aromatic nitrogens is 3. The fraction of sp³-hybridized carbons (Fsp3) is 0.200. The predicted octanol–water partition coefficient (Wildman–Crippen LogP) is 3.65. The molecule has 3 aromatic rings. The lowest BCUT2D eigenvalue weighted by Gasteiger charge is -2.11. The van der Waals surface area contributed by atoms with Crippen LogP contribution < -0.4 is 11.1 Å². The standard InChI is InChI=1S/C20H16F4N4O3S/c1-2-9-32-18-13(6-4-8-25-18)17-27-28(19(30)31-17)11-15(29)26-10-12-5-3-7-14(16(12)21)20(22,23)24/h2-8H,1,9-11H2,(H,26,29). The third kappa shape index (κ3) is 5.44. The van der Waals surface area contributed by atoms with E-state index < -0.39 is 42.3 Å². The fourth-order valence-corrected chi connectivity index (χ4v) is 3.36. The van der Waals surface area contributed by atoms with Crippen molar-refractivity contribution in [2.24, 2.45) is 0 Å². The third-order valence-electron chi connectivity index (χ3n) is 4.10. The van der Waals surface area contributed by atoms with Crippen LogP contribution in [0.25, 0.3) is 11.5 Å². The summed E-state index contributed by atoms with van der Waals surface area (Å²) in [5.41, 5.74) is -1.33. The van der Waals surface area contributed by atoms with Crippen LogP contribution in [0.5, 0.6) is 0 Å². The number of pyridine rings is 1. The molecule has 7 nitrogen and oxygen atoms in total. The molecule has 0 aliphatic heterocycles. The van der Waals surface area contributed by atoms with Gasteiger partial charge in [-0.25, -0.2) is 14.2 Å². The molecule has 32 heavy (non-hydrogen) atoms. The molecule has 0 saturated heterocycles. The summed E-state index contributed by atoms with van der Waals surface area (Å²) in [6, 6.07) is 6.04. The summed E-state index contributed by atoms with van der Waals surface area (Å²) in [5, 5.41) is 6.80. The molecular weight excluding hydrogens is 452 g/mol. The topological polar surface area (TPSA) is 90.0 Å². The highest BCUT2D eigenvalue weighted by Gasteiger charge is 2.34. The minimum absolute atomic E-state index is 0.0496. The number of nitrogens with one attached hydrogen (secondary N) is 1. The predicted molar refractivity (Wildman–Crippen MR) is 108 cm³/mol. The average Bonchev–Trinajstić information content (AvgIpc) is 3.10. The van der Waals surface area contributed by atoms with Crippen LogP contribution in [-0.2, 0) is 24.1 Å². The zero-order chi connectivity index (χ0) is 23.3. The van der Waals surface area contributed by atoms with Gasteiger partial charge >= 0.3 is 11.9 Å². The Morgan fingerprint density at radius 3 is 2.78 bits per heavy atom. The molecule has 3 rings (SSSR count). The molecule has 0 bridgehead atoms. The Balaban J connectivity index is 1.71. The monoisotopic (exact) mass is 468 g/mol. The van der Waals surface area contributed by atoms with Crippen LogP contribution in [0.2, 0.25) is 0 Å². The lowest BCUT2D eigenvalue weighted by molar-refractivity contribution is -0.140. The Morgan fingerprint density at radius 2 is 2.06 bits per heavy atom. The summed E-state index contributed by atoms with van der Waals surface area (Å²) in [4.78, 5) is 28.4. The van der Waals surface area contributed by atoms with Crippen LogP contribution in [0.3, 0.4) is 0 Å². The Kier molecular flexibility index (Phi) is 7.13. The molecule has 0 unspecified atom stereocenters. The fourth-order valence-electron chi connectivity index (χ4n) is 2.64. The van der Waals surface area contributed by atoms with E-state index in [9.17, 15) is 27.2 Å². The van der Waals surface area contributed by atoms with E-state index in [1.165, 1.54) is 11.8 Å². The van der Waals surface area contributed by atoms with Gasteiger partial charge in [0.15, 0.2) is 0 Å². The molecule has 1 amide bonds. The van der Waals surface area contributed by atoms with E-state index in [0.717, 1.165) is 16.8 Å². The smallest absolute Gasteiger partial charge is 0.387 e. The molecule has 0 saturated carbocycles. The number of alkyl halides is 3. The van der Waals surface area contributed by atoms with Gasteiger partial charge in [0, 0.05) is 24.1 Å². The Labute approximate surface area is 183 Å². The summed E-state index contributed by atoms with van der Waals surface area (Å²) in [7, 11) is 0. The number of thioether (sulfide) groups is 1. The lowest BCUT2D eigenvalue weighted by Crippen LogP contribution is -2.31. The highest BCUT2D eigenvalue weighted by Crippen LogP contribution is 2.32. The molecule has 2 aromatic heterocycles. The molecule has 1 N–H and O–H groups in total. The maximum absolute atomic E-state index is 14.1. The molecular formula is C20H16F4N4O3S. The van der Waals surface area contributed by atoms with Crippen molar-refractivity contribution in [3.63, 3.8) is 0 Å². The largest absolute Gasteiger partial charge is 0.437 e. The van der Waals surface area contributed by atoms with Gasteiger partial charge in [-0.3, -0.25) is 4.79 Å². The van der Waals surface area contributed by atoms with Gasteiger partial charge in [0.25, 0.3) is 5.89 Å². The molecule has 0 spiro atoms. The second-order valence-electron chi connectivity index (χ2n) is 6.34. The van der Waals surface area contributed by atoms with E-state index in [1.54, 1.807) is 24.4 Å². The highest BCUT2D eigenvalue weighted by atomic mass is 32.2. The SMILES string of the molecule is C=CCSc1ncccc1-c1nn(CC(=O)NCc2cccc(C(F)(F)F)c2F)c(=O)o1. The van der Waals surface area contributed by atoms with E-state index in [2.05, 4.69) is 22.0 Å². The molecule has 0 aliphatic carbocycles. The van der Waals surface area contributed by atoms with Gasteiger partial charge in [0.1, 0.15) is 17.4 Å². The normalized spacial score (nSPS) is 11.4. The van der Waals surface area contributed by atoms with Gasteiger partial charge in [-0.1, -0.05) is 18.2 Å². The van der Waals surface area contributed by atoms with Crippen molar-refractivity contribution in [3.05, 3.63) is 76.7 Å². The first-order valence-corrected chi connectivity index (χ1v) is 10.1. The maximum Gasteiger partial charge on any atom is 0.437 e. The highest BCUT2D eigenvalue weighted by molar-refractivity contribution is 7.99. The number of halogens is 4. The lowest BCUT2D eigenvalue weighted by atomic mass is 10.1. The van der Waals surface area contributed by atoms with Gasteiger partial charge in [-0.2, -0.15) is 17.9 Å². The van der Waals surface area contributed by atoms with E-state index in [4.69, 9.17) is 4.42 Å². The van der Waals surface area contributed by atoms with Gasteiger partial charge < -0.3 is 9.73 Å². The zero-order valence-corrected chi connectivity index (χ0v) is 17.2. The Bertz CT molecular complexity index is 1190. The maximum atomic E-state index is 14.1. The number of nitrogens with zero attached hydrogens (tertiary/aromatic N) is 3. The minimum Gasteiger partial charge on any atom is -0.387 e. The number of amides is 1. The molecule has 12 heteroatoms. The summed E-state index contributed by atoms with van der Waals surface area (Å²) in [5.74, 6) is -2.64. The van der Waals surface area contributed by atoms with Crippen molar-refractivity contribution in [3.8, 4) is 11.5 Å². The van der Waals surface area contributed by atoms with Crippen molar-refractivity contribution in [2.45, 2.75) is 24.3 Å². The number of benzene rings is 1. The van der Waals surface area contributed by atoms with Crippen LogP contribution in [0.1, 0.15) is 11.1 Å². The number of carbonyl (C=O) groups is 1. The van der Waals surface area contributed by atoms with Gasteiger partial charge in [-0.15, -0.1) is 23.4 Å². The second kappa shape index (κ2) is 9.81. The first-order chi connectivity index (χ1) is 15.2. The molecule has 0 atom stereocenters. The minimum atomic E-state index is -4.86. The molecule has 2 heterocycles. The van der Waals surface area contributed by atoms with Crippen molar-refractivity contribution >= 4 is 17.7 Å². The van der Waals surface area contributed by atoms with Crippen LogP contribution in [0.4, 0.5) is 17.6 Å². The van der Waals surface area contributed by atoms with Crippen LogP contribution >= 0.6 is 11.8 Å². The Hall–Kier alpha value is -3.41. The first kappa shape index (κ1) is 23.3.